The smallest absolute Gasteiger partial charge is 0.257 e. The van der Waals surface area contributed by atoms with Crippen molar-refractivity contribution in [1.29, 1.82) is 0 Å². The molecule has 1 spiro atoms. The fraction of sp³-hybridized carbons (Fsp3) is 0.280. The summed E-state index contributed by atoms with van der Waals surface area (Å²) in [5.74, 6) is 2.99. The zero-order chi connectivity index (χ0) is 20.3. The van der Waals surface area contributed by atoms with Crippen molar-refractivity contribution in [2.45, 2.75) is 38.4 Å². The number of hydrogen-bond donors (Lipinski definition) is 1. The summed E-state index contributed by atoms with van der Waals surface area (Å²) in [4.78, 5) is 12.1. The summed E-state index contributed by atoms with van der Waals surface area (Å²) in [6.45, 7) is 5.64. The van der Waals surface area contributed by atoms with Gasteiger partial charge in [-0.05, 0) is 55.7 Å². The highest BCUT2D eigenvalue weighted by Gasteiger charge is 2.67. The fourth-order valence-electron chi connectivity index (χ4n) is 5.04. The Labute approximate surface area is 177 Å². The van der Waals surface area contributed by atoms with Crippen molar-refractivity contribution in [3.8, 4) is 0 Å². The van der Waals surface area contributed by atoms with Crippen molar-refractivity contribution in [1.82, 2.24) is 4.98 Å². The predicted molar refractivity (Wildman–Crippen MR) is 122 cm³/mol. The van der Waals surface area contributed by atoms with E-state index >= 15 is 0 Å². The first kappa shape index (κ1) is 17.7. The Morgan fingerprint density at radius 3 is 2.70 bits per heavy atom. The molecule has 2 aromatic rings. The highest BCUT2D eigenvalue weighted by Crippen LogP contribution is 2.49. The molecule has 4 unspecified atom stereocenters. The molecule has 2 saturated heterocycles. The van der Waals surface area contributed by atoms with Crippen LogP contribution in [0.3, 0.4) is 0 Å². The fourth-order valence-corrected chi connectivity index (χ4v) is 5.04. The van der Waals surface area contributed by atoms with Crippen LogP contribution in [0.15, 0.2) is 83.8 Å². The second-order valence-corrected chi connectivity index (χ2v) is 8.70. The van der Waals surface area contributed by atoms with Gasteiger partial charge in [0.05, 0.1) is 6.20 Å². The number of aliphatic imine (C=N–C) groups is 1. The van der Waals surface area contributed by atoms with Crippen molar-refractivity contribution >= 4 is 23.0 Å². The lowest BCUT2D eigenvalue weighted by Crippen LogP contribution is -2.46. The SMILES string of the molecule is CC1CCN1c1cccc(NC2=CC(c3ccccc3)=CC3C(C)[N+]34C=CN=C24)n1. The van der Waals surface area contributed by atoms with E-state index in [1.807, 2.05) is 12.3 Å². The largest absolute Gasteiger partial charge is 0.354 e. The average Bonchev–Trinajstić information content (AvgIpc) is 3.11. The van der Waals surface area contributed by atoms with Crippen LogP contribution in [0.2, 0.25) is 0 Å². The Morgan fingerprint density at radius 1 is 1.07 bits per heavy atom. The number of pyridine rings is 1. The summed E-state index contributed by atoms with van der Waals surface area (Å²) in [5, 5.41) is 3.62. The van der Waals surface area contributed by atoms with E-state index in [1.165, 1.54) is 17.6 Å². The van der Waals surface area contributed by atoms with E-state index in [2.05, 4.69) is 84.9 Å². The van der Waals surface area contributed by atoms with Crippen LogP contribution in [0.4, 0.5) is 11.6 Å². The molecule has 0 bridgehead atoms. The first-order chi connectivity index (χ1) is 14.7. The molecule has 30 heavy (non-hydrogen) atoms. The van der Waals surface area contributed by atoms with Crippen molar-refractivity contribution in [3.05, 3.63) is 84.3 Å². The number of allylic oxidation sites excluding steroid dienone is 2. The summed E-state index contributed by atoms with van der Waals surface area (Å²) in [6.07, 6.45) is 10.1. The molecule has 5 heteroatoms. The van der Waals surface area contributed by atoms with Crippen molar-refractivity contribution in [2.75, 3.05) is 16.8 Å². The summed E-state index contributed by atoms with van der Waals surface area (Å²) in [7, 11) is 0. The average molecular weight is 397 g/mol. The molecule has 0 saturated carbocycles. The maximum Gasteiger partial charge on any atom is 0.257 e. The van der Waals surface area contributed by atoms with Gasteiger partial charge in [0.1, 0.15) is 23.5 Å². The molecule has 6 rings (SSSR count). The molecule has 4 atom stereocenters. The number of aromatic nitrogens is 1. The monoisotopic (exact) mass is 396 g/mol. The zero-order valence-electron chi connectivity index (χ0n) is 17.4. The number of amidine groups is 1. The normalized spacial score (nSPS) is 30.9. The minimum atomic E-state index is 0.425. The van der Waals surface area contributed by atoms with Crippen LogP contribution in [0.1, 0.15) is 25.8 Å². The van der Waals surface area contributed by atoms with Gasteiger partial charge in [-0.3, -0.25) is 0 Å². The van der Waals surface area contributed by atoms with E-state index < -0.39 is 0 Å². The first-order valence-corrected chi connectivity index (χ1v) is 10.8. The Hall–Kier alpha value is -3.18. The van der Waals surface area contributed by atoms with Crippen molar-refractivity contribution < 1.29 is 4.48 Å². The van der Waals surface area contributed by atoms with Gasteiger partial charge in [0.2, 0.25) is 0 Å². The Morgan fingerprint density at radius 2 is 1.93 bits per heavy atom. The molecule has 4 aliphatic heterocycles. The summed E-state index contributed by atoms with van der Waals surface area (Å²) in [5.41, 5.74) is 3.50. The minimum absolute atomic E-state index is 0.425. The molecule has 5 nitrogen and oxygen atoms in total. The highest BCUT2D eigenvalue weighted by atomic mass is 15.6. The predicted octanol–water partition coefficient (Wildman–Crippen LogP) is 4.54. The van der Waals surface area contributed by atoms with Gasteiger partial charge < -0.3 is 10.2 Å². The van der Waals surface area contributed by atoms with Gasteiger partial charge in [0.25, 0.3) is 5.84 Å². The van der Waals surface area contributed by atoms with Gasteiger partial charge in [-0.1, -0.05) is 36.4 Å². The summed E-state index contributed by atoms with van der Waals surface area (Å²) in [6, 6.07) is 18.3. The van der Waals surface area contributed by atoms with E-state index in [4.69, 9.17) is 9.98 Å². The highest BCUT2D eigenvalue weighted by molar-refractivity contribution is 6.02. The number of nitrogens with one attached hydrogen (secondary N) is 1. The third kappa shape index (κ3) is 2.52. The van der Waals surface area contributed by atoms with Crippen LogP contribution in [0, 0.1) is 0 Å². The number of benzene rings is 1. The van der Waals surface area contributed by atoms with Crippen LogP contribution in [0.25, 0.3) is 5.57 Å². The lowest BCUT2D eigenvalue weighted by molar-refractivity contribution is -0.660. The molecular weight excluding hydrogens is 370 g/mol. The quantitative estimate of drug-likeness (QED) is 0.609. The molecule has 1 aromatic carbocycles. The second kappa shape index (κ2) is 6.41. The second-order valence-electron chi connectivity index (χ2n) is 8.70. The van der Waals surface area contributed by atoms with E-state index in [9.17, 15) is 0 Å². The van der Waals surface area contributed by atoms with Gasteiger partial charge in [0.15, 0.2) is 12.1 Å². The van der Waals surface area contributed by atoms with Gasteiger partial charge >= 0.3 is 0 Å². The number of anilines is 2. The van der Waals surface area contributed by atoms with E-state index in [1.54, 1.807) is 0 Å². The van der Waals surface area contributed by atoms with Crippen LogP contribution in [0.5, 0.6) is 0 Å². The maximum absolute atomic E-state index is 4.91. The molecule has 150 valence electrons. The molecule has 4 aliphatic rings. The minimum Gasteiger partial charge on any atom is -0.354 e. The van der Waals surface area contributed by atoms with Crippen LogP contribution >= 0.6 is 0 Å². The third-order valence-corrected chi connectivity index (χ3v) is 7.06. The number of quaternary nitrogens is 1. The number of nitrogens with zero attached hydrogens (tertiary/aromatic N) is 4. The molecule has 0 radical (unpaired) electrons. The Kier molecular flexibility index (Phi) is 3.77. The lowest BCUT2D eigenvalue weighted by Gasteiger charge is -2.39. The van der Waals surface area contributed by atoms with E-state index in [-0.39, 0.29) is 0 Å². The van der Waals surface area contributed by atoms with Gasteiger partial charge in [-0.15, -0.1) is 0 Å². The van der Waals surface area contributed by atoms with Gasteiger partial charge in [0, 0.05) is 12.6 Å². The molecule has 0 aliphatic carbocycles. The van der Waals surface area contributed by atoms with Crippen molar-refractivity contribution in [2.24, 2.45) is 4.99 Å². The lowest BCUT2D eigenvalue weighted by atomic mass is 10.0. The topological polar surface area (TPSA) is 40.5 Å². The Balaban J connectivity index is 1.39. The van der Waals surface area contributed by atoms with Gasteiger partial charge in [-0.2, -0.15) is 4.99 Å². The Bertz CT molecular complexity index is 1130. The number of hydrogen-bond acceptors (Lipinski definition) is 4. The molecular formula is C25H26N5+. The molecule has 5 heterocycles. The van der Waals surface area contributed by atoms with Crippen LogP contribution < -0.4 is 10.2 Å². The van der Waals surface area contributed by atoms with Gasteiger partial charge in [-0.25, -0.2) is 9.47 Å². The summed E-state index contributed by atoms with van der Waals surface area (Å²) < 4.78 is 0.804. The molecule has 2 fully saturated rings. The van der Waals surface area contributed by atoms with Crippen molar-refractivity contribution in [3.63, 3.8) is 0 Å². The molecule has 1 aromatic heterocycles. The molecule has 1 N–H and O–H groups in total. The van der Waals surface area contributed by atoms with Crippen LogP contribution in [-0.2, 0) is 0 Å². The zero-order valence-corrected chi connectivity index (χ0v) is 17.4. The molecule has 0 amide bonds. The van der Waals surface area contributed by atoms with Crippen LogP contribution in [-0.4, -0.2) is 40.0 Å². The summed E-state index contributed by atoms with van der Waals surface area (Å²) >= 11 is 0. The standard InChI is InChI=1S/C25H26N5/c1-17-11-13-29(17)24-10-6-9-23(28-24)27-21-15-20(19-7-4-3-5-8-19)16-22-18(2)30(22)14-12-26-25(21)30/h3-10,12,14-18,22H,11,13H2,1-2H3,(H,27,28)/q+1. The van der Waals surface area contributed by atoms with E-state index in [0.717, 1.165) is 34.2 Å². The third-order valence-electron chi connectivity index (χ3n) is 7.06. The first-order valence-electron chi connectivity index (χ1n) is 10.8. The maximum atomic E-state index is 4.91. The van der Waals surface area contributed by atoms with E-state index in [0.29, 0.717) is 18.1 Å². The number of rotatable bonds is 4.